The van der Waals surface area contributed by atoms with Crippen molar-refractivity contribution in [1.82, 2.24) is 24.8 Å². The van der Waals surface area contributed by atoms with Crippen LogP contribution in [0.5, 0.6) is 0 Å². The van der Waals surface area contributed by atoms with Gasteiger partial charge in [-0.15, -0.1) is 0 Å². The van der Waals surface area contributed by atoms with Crippen molar-refractivity contribution in [3.8, 4) is 11.3 Å². The number of hydrogen-bond acceptors (Lipinski definition) is 6. The minimum Gasteiger partial charge on any atom is -0.444 e. The minimum atomic E-state index is -4.85. The average Bonchev–Trinajstić information content (AvgIpc) is 3.39. The van der Waals surface area contributed by atoms with Crippen LogP contribution in [0, 0.1) is 5.82 Å². The van der Waals surface area contributed by atoms with Crippen molar-refractivity contribution in [2.24, 2.45) is 0 Å². The quantitative estimate of drug-likeness (QED) is 0.463. The maximum atomic E-state index is 15.9. The van der Waals surface area contributed by atoms with Crippen molar-refractivity contribution in [1.29, 1.82) is 0 Å². The molecule has 0 aliphatic carbocycles. The summed E-state index contributed by atoms with van der Waals surface area (Å²) in [5.41, 5.74) is 2.27. The summed E-state index contributed by atoms with van der Waals surface area (Å²) in [4.78, 5) is 30.3. The summed E-state index contributed by atoms with van der Waals surface area (Å²) in [6.45, 7) is 6.08. The molecule has 1 aliphatic heterocycles. The molecule has 0 bridgehead atoms. The Labute approximate surface area is 220 Å². The molecule has 0 spiro atoms. The van der Waals surface area contributed by atoms with Crippen LogP contribution in [-0.2, 0) is 17.3 Å². The monoisotopic (exact) mass is 554 g/mol. The van der Waals surface area contributed by atoms with Crippen LogP contribution in [-0.4, -0.2) is 62.4 Å². The summed E-state index contributed by atoms with van der Waals surface area (Å²) >= 11 is 0. The Hall–Kier alpha value is -3.97. The normalized spacial score (nSPS) is 18.0. The fraction of sp³-hybridized carbons (Fsp3) is 0.440. The molecular weight excluding hydrogens is 527 g/mol. The van der Waals surface area contributed by atoms with E-state index in [1.54, 1.807) is 27.7 Å². The molecule has 210 valence electrons. The fourth-order valence-electron chi connectivity index (χ4n) is 4.45. The number of alkyl halides is 4. The Bertz CT molecular complexity index is 1430. The number of ether oxygens (including phenoxy) is 1. The first-order chi connectivity index (χ1) is 18.1. The van der Waals surface area contributed by atoms with Crippen molar-refractivity contribution in [2.45, 2.75) is 58.1 Å². The second-order valence-corrected chi connectivity index (χ2v) is 10.1. The third-order valence-electron chi connectivity index (χ3n) is 6.22. The van der Waals surface area contributed by atoms with Crippen molar-refractivity contribution in [3.05, 3.63) is 47.0 Å². The molecule has 0 saturated carbocycles. The second-order valence-electron chi connectivity index (χ2n) is 10.1. The van der Waals surface area contributed by atoms with Gasteiger partial charge in [-0.05, 0) is 44.9 Å². The van der Waals surface area contributed by atoms with Gasteiger partial charge in [-0.2, -0.15) is 18.3 Å². The molecule has 1 fully saturated rings. The lowest BCUT2D eigenvalue weighted by Gasteiger charge is -2.24. The van der Waals surface area contributed by atoms with Crippen LogP contribution < -0.4 is 11.1 Å². The largest absolute Gasteiger partial charge is 0.444 e. The highest BCUT2D eigenvalue weighted by Gasteiger charge is 2.40. The lowest BCUT2D eigenvalue weighted by Crippen LogP contribution is -2.43. The number of hydrogen-bond donors (Lipinski definition) is 2. The van der Waals surface area contributed by atoms with Gasteiger partial charge >= 0.3 is 12.3 Å². The summed E-state index contributed by atoms with van der Waals surface area (Å²) in [5.74, 6) is -2.55. The highest BCUT2D eigenvalue weighted by Crippen LogP contribution is 2.39. The number of amides is 2. The van der Waals surface area contributed by atoms with E-state index in [4.69, 9.17) is 10.5 Å². The molecule has 3 N–H and O–H groups in total. The SMILES string of the molecule is CCc1ccc(-c2cc(C(F)(F)F)c3c(N)ncnn23)c(F)c1C(=O)N[C@@H]1CN(C(=O)OC(C)(C)C)C[C@@H]1F. The molecule has 3 aromatic rings. The molecule has 2 amide bonds. The molecule has 1 saturated heterocycles. The van der Waals surface area contributed by atoms with E-state index in [-0.39, 0.29) is 36.3 Å². The molecule has 4 rings (SSSR count). The van der Waals surface area contributed by atoms with Crippen LogP contribution in [0.1, 0.15) is 49.2 Å². The number of nitrogen functional groups attached to an aromatic ring is 1. The summed E-state index contributed by atoms with van der Waals surface area (Å²) < 4.78 is 78.0. The lowest BCUT2D eigenvalue weighted by molar-refractivity contribution is -0.136. The van der Waals surface area contributed by atoms with Gasteiger partial charge in [-0.1, -0.05) is 13.0 Å². The molecule has 14 heteroatoms. The number of carbonyl (C=O) groups is 2. The van der Waals surface area contributed by atoms with Gasteiger partial charge in [0.2, 0.25) is 0 Å². The average molecular weight is 555 g/mol. The van der Waals surface area contributed by atoms with Crippen LogP contribution in [0.15, 0.2) is 24.5 Å². The number of nitrogens with one attached hydrogen (secondary N) is 1. The molecule has 39 heavy (non-hydrogen) atoms. The maximum Gasteiger partial charge on any atom is 0.418 e. The first-order valence-electron chi connectivity index (χ1n) is 12.1. The van der Waals surface area contributed by atoms with Gasteiger partial charge < -0.3 is 20.7 Å². The van der Waals surface area contributed by atoms with Gasteiger partial charge in [-0.3, -0.25) is 4.79 Å². The van der Waals surface area contributed by atoms with Crippen LogP contribution in [0.2, 0.25) is 0 Å². The smallest absolute Gasteiger partial charge is 0.418 e. The Morgan fingerprint density at radius 3 is 2.51 bits per heavy atom. The van der Waals surface area contributed by atoms with Gasteiger partial charge in [0, 0.05) is 12.1 Å². The Kier molecular flexibility index (Phi) is 7.17. The highest BCUT2D eigenvalue weighted by molar-refractivity contribution is 5.98. The maximum absolute atomic E-state index is 15.9. The van der Waals surface area contributed by atoms with E-state index in [0.717, 1.165) is 15.7 Å². The number of rotatable bonds is 4. The highest BCUT2D eigenvalue weighted by atomic mass is 19.4. The van der Waals surface area contributed by atoms with E-state index >= 15 is 4.39 Å². The van der Waals surface area contributed by atoms with Crippen LogP contribution in [0.25, 0.3) is 16.8 Å². The van der Waals surface area contributed by atoms with E-state index in [9.17, 15) is 27.2 Å². The first-order valence-corrected chi connectivity index (χ1v) is 12.1. The summed E-state index contributed by atoms with van der Waals surface area (Å²) in [6.07, 6.45) is -6.13. The van der Waals surface area contributed by atoms with Crippen molar-refractivity contribution in [3.63, 3.8) is 0 Å². The summed E-state index contributed by atoms with van der Waals surface area (Å²) in [7, 11) is 0. The number of aromatic nitrogens is 3. The van der Waals surface area contributed by atoms with E-state index in [1.807, 2.05) is 0 Å². The minimum absolute atomic E-state index is 0.200. The number of anilines is 1. The second kappa shape index (κ2) is 9.97. The number of carbonyl (C=O) groups excluding carboxylic acids is 2. The third-order valence-corrected chi connectivity index (χ3v) is 6.22. The topological polar surface area (TPSA) is 115 Å². The third kappa shape index (κ3) is 5.45. The van der Waals surface area contributed by atoms with Crippen LogP contribution >= 0.6 is 0 Å². The molecule has 9 nitrogen and oxygen atoms in total. The van der Waals surface area contributed by atoms with E-state index in [2.05, 4.69) is 15.4 Å². The zero-order chi connectivity index (χ0) is 28.9. The molecule has 1 aliphatic rings. The predicted octanol–water partition coefficient (Wildman–Crippen LogP) is 4.39. The van der Waals surface area contributed by atoms with Gasteiger partial charge in [0.15, 0.2) is 5.82 Å². The predicted molar refractivity (Wildman–Crippen MR) is 131 cm³/mol. The molecule has 1 aromatic carbocycles. The molecule has 2 aromatic heterocycles. The molecule has 0 radical (unpaired) electrons. The number of nitrogens with zero attached hydrogens (tertiary/aromatic N) is 4. The molecule has 2 atom stereocenters. The Morgan fingerprint density at radius 1 is 1.21 bits per heavy atom. The number of aryl methyl sites for hydroxylation is 1. The van der Waals surface area contributed by atoms with Crippen molar-refractivity contribution >= 4 is 23.3 Å². The zero-order valence-corrected chi connectivity index (χ0v) is 21.6. The number of nitrogens with two attached hydrogens (primary N) is 1. The zero-order valence-electron chi connectivity index (χ0n) is 21.6. The number of benzene rings is 1. The van der Waals surface area contributed by atoms with E-state index < -0.39 is 64.3 Å². The molecule has 3 heterocycles. The number of fused-ring (bicyclic) bond motifs is 1. The van der Waals surface area contributed by atoms with Gasteiger partial charge in [0.1, 0.15) is 29.4 Å². The van der Waals surface area contributed by atoms with Gasteiger partial charge in [-0.25, -0.2) is 23.1 Å². The van der Waals surface area contributed by atoms with Gasteiger partial charge in [0.25, 0.3) is 5.91 Å². The standard InChI is InChI=1S/C25H27F5N6O3/c1-5-12-6-7-13(17-8-14(25(28,29)30)20-21(31)32-11-33-36(17)20)19(27)18(12)22(37)34-16-10-35(9-15(16)26)23(38)39-24(2,3)4/h6-8,11,15-16H,5,9-10H2,1-4H3,(H,34,37)(H2,31,32,33)/t15-,16+/m0/s1. The van der Waals surface area contributed by atoms with Crippen LogP contribution in [0.3, 0.4) is 0 Å². The molecule has 0 unspecified atom stereocenters. The number of likely N-dealkylation sites (tertiary alicyclic amines) is 1. The number of halogens is 5. The van der Waals surface area contributed by atoms with E-state index in [0.29, 0.717) is 6.07 Å². The van der Waals surface area contributed by atoms with Crippen LogP contribution in [0.4, 0.5) is 32.6 Å². The lowest BCUT2D eigenvalue weighted by atomic mass is 9.98. The first kappa shape index (κ1) is 28.0. The molecular formula is C25H27F5N6O3. The fourth-order valence-corrected chi connectivity index (χ4v) is 4.45. The van der Waals surface area contributed by atoms with Gasteiger partial charge in [0.05, 0.1) is 29.4 Å². The van der Waals surface area contributed by atoms with E-state index in [1.165, 1.54) is 12.1 Å². The van der Waals surface area contributed by atoms with Crippen molar-refractivity contribution < 1.29 is 36.3 Å². The Morgan fingerprint density at radius 2 is 1.90 bits per heavy atom. The summed E-state index contributed by atoms with van der Waals surface area (Å²) in [6, 6.07) is 2.16. The van der Waals surface area contributed by atoms with Crippen molar-refractivity contribution in [2.75, 3.05) is 18.8 Å². The summed E-state index contributed by atoms with van der Waals surface area (Å²) in [5, 5.41) is 6.24. The Balaban J connectivity index is 1.70.